The lowest BCUT2D eigenvalue weighted by molar-refractivity contribution is -0.137. The SMILES string of the molecule is NCC12CC(C(N)=O)(C1)C1(CCNCC1)O2. The third kappa shape index (κ3) is 0.990. The van der Waals surface area contributed by atoms with Gasteiger partial charge in [0.25, 0.3) is 0 Å². The van der Waals surface area contributed by atoms with Gasteiger partial charge in [-0.15, -0.1) is 0 Å². The summed E-state index contributed by atoms with van der Waals surface area (Å²) in [5, 5.41) is 3.30. The van der Waals surface area contributed by atoms with Crippen LogP contribution in [0.4, 0.5) is 0 Å². The largest absolute Gasteiger partial charge is 0.369 e. The van der Waals surface area contributed by atoms with Gasteiger partial charge in [-0.2, -0.15) is 0 Å². The Kier molecular flexibility index (Phi) is 1.95. The first-order valence-corrected chi connectivity index (χ1v) is 5.99. The first-order chi connectivity index (χ1) is 7.58. The number of ether oxygens (including phenoxy) is 1. The molecule has 4 rings (SSSR count). The first kappa shape index (κ1) is 10.5. The zero-order valence-corrected chi connectivity index (χ0v) is 9.42. The van der Waals surface area contributed by atoms with Gasteiger partial charge in [0, 0.05) is 6.54 Å². The van der Waals surface area contributed by atoms with E-state index in [1.54, 1.807) is 0 Å². The van der Waals surface area contributed by atoms with E-state index in [2.05, 4.69) is 5.32 Å². The molecule has 4 aliphatic rings. The van der Waals surface area contributed by atoms with Gasteiger partial charge in [-0.3, -0.25) is 4.79 Å². The predicted octanol–water partition coefficient (Wildman–Crippen LogP) is -0.898. The Bertz CT molecular complexity index is 330. The zero-order chi connectivity index (χ0) is 11.4. The van der Waals surface area contributed by atoms with Crippen LogP contribution in [0.5, 0.6) is 0 Å². The highest BCUT2D eigenvalue weighted by atomic mass is 16.5. The van der Waals surface area contributed by atoms with Crippen LogP contribution in [0.2, 0.25) is 0 Å². The van der Waals surface area contributed by atoms with Gasteiger partial charge in [0.1, 0.15) is 0 Å². The van der Waals surface area contributed by atoms with Gasteiger partial charge in [-0.25, -0.2) is 0 Å². The van der Waals surface area contributed by atoms with Crippen LogP contribution in [0, 0.1) is 5.41 Å². The maximum Gasteiger partial charge on any atom is 0.226 e. The monoisotopic (exact) mass is 225 g/mol. The van der Waals surface area contributed by atoms with Crippen LogP contribution in [0.1, 0.15) is 25.7 Å². The minimum absolute atomic E-state index is 0.198. The number of carbonyl (C=O) groups is 1. The van der Waals surface area contributed by atoms with Crippen LogP contribution in [0.25, 0.3) is 0 Å². The lowest BCUT2D eigenvalue weighted by Gasteiger charge is -2.46. The molecule has 1 amide bonds. The molecular formula is C11H19N3O2. The van der Waals surface area contributed by atoms with Crippen molar-refractivity contribution in [2.45, 2.75) is 36.9 Å². The van der Waals surface area contributed by atoms with E-state index in [0.29, 0.717) is 6.54 Å². The highest BCUT2D eigenvalue weighted by Crippen LogP contribution is 2.68. The van der Waals surface area contributed by atoms with Crippen molar-refractivity contribution in [3.63, 3.8) is 0 Å². The molecule has 3 saturated heterocycles. The molecule has 0 radical (unpaired) electrons. The van der Waals surface area contributed by atoms with Crippen LogP contribution in [0.15, 0.2) is 0 Å². The highest BCUT2D eigenvalue weighted by molar-refractivity contribution is 5.85. The molecule has 16 heavy (non-hydrogen) atoms. The van der Waals surface area contributed by atoms with E-state index in [0.717, 1.165) is 38.8 Å². The molecule has 0 aromatic rings. The number of nitrogens with one attached hydrogen (secondary N) is 1. The van der Waals surface area contributed by atoms with E-state index in [9.17, 15) is 4.79 Å². The van der Waals surface area contributed by atoms with Crippen molar-refractivity contribution in [2.24, 2.45) is 16.9 Å². The molecule has 0 aromatic heterocycles. The minimum Gasteiger partial charge on any atom is -0.369 e. The maximum atomic E-state index is 11.8. The molecule has 0 aromatic carbocycles. The lowest BCUT2D eigenvalue weighted by atomic mass is 9.53. The Morgan fingerprint density at radius 2 is 1.94 bits per heavy atom. The fourth-order valence-electron chi connectivity index (χ4n) is 3.95. The van der Waals surface area contributed by atoms with Crippen molar-refractivity contribution in [1.29, 1.82) is 0 Å². The fourth-order valence-corrected chi connectivity index (χ4v) is 3.95. The second-order valence-electron chi connectivity index (χ2n) is 5.53. The average Bonchev–Trinajstić information content (AvgIpc) is 2.64. The molecule has 0 unspecified atom stereocenters. The summed E-state index contributed by atoms with van der Waals surface area (Å²) < 4.78 is 6.20. The van der Waals surface area contributed by atoms with Crippen molar-refractivity contribution < 1.29 is 9.53 Å². The van der Waals surface area contributed by atoms with E-state index in [1.807, 2.05) is 0 Å². The number of nitrogens with two attached hydrogens (primary N) is 2. The first-order valence-electron chi connectivity index (χ1n) is 5.99. The van der Waals surface area contributed by atoms with Gasteiger partial charge in [-0.1, -0.05) is 0 Å². The zero-order valence-electron chi connectivity index (χ0n) is 9.42. The number of primary amides is 1. The summed E-state index contributed by atoms with van der Waals surface area (Å²) in [5.74, 6) is -0.198. The Morgan fingerprint density at radius 3 is 2.44 bits per heavy atom. The normalized spacial score (nSPS) is 44.3. The van der Waals surface area contributed by atoms with Crippen molar-refractivity contribution >= 4 is 5.91 Å². The lowest BCUT2D eigenvalue weighted by Crippen LogP contribution is -2.60. The van der Waals surface area contributed by atoms with Crippen molar-refractivity contribution in [2.75, 3.05) is 19.6 Å². The molecule has 5 nitrogen and oxygen atoms in total. The highest BCUT2D eigenvalue weighted by Gasteiger charge is 2.76. The van der Waals surface area contributed by atoms with E-state index in [4.69, 9.17) is 16.2 Å². The maximum absolute atomic E-state index is 11.8. The molecule has 4 fully saturated rings. The van der Waals surface area contributed by atoms with E-state index in [1.165, 1.54) is 0 Å². The summed E-state index contributed by atoms with van der Waals surface area (Å²) in [7, 11) is 0. The Hall–Kier alpha value is -0.650. The summed E-state index contributed by atoms with van der Waals surface area (Å²) in [4.78, 5) is 11.8. The van der Waals surface area contributed by atoms with Crippen LogP contribution in [-0.4, -0.2) is 36.7 Å². The number of piperidine rings is 1. The molecule has 2 bridgehead atoms. The summed E-state index contributed by atoms with van der Waals surface area (Å²) >= 11 is 0. The standard InChI is InChI=1S/C11H19N3O2/c12-7-9-5-10(6-9,8(13)15)11(16-9)1-3-14-4-2-11/h14H,1-7,12H2,(H2,13,15). The Labute approximate surface area is 94.9 Å². The molecule has 90 valence electrons. The molecule has 1 spiro atoms. The average molecular weight is 225 g/mol. The third-order valence-electron chi connectivity index (χ3n) is 4.79. The minimum atomic E-state index is -0.436. The second kappa shape index (κ2) is 2.97. The molecule has 1 aliphatic carbocycles. The summed E-state index contributed by atoms with van der Waals surface area (Å²) in [6, 6.07) is 0. The van der Waals surface area contributed by atoms with E-state index >= 15 is 0 Å². The van der Waals surface area contributed by atoms with E-state index < -0.39 is 5.41 Å². The van der Waals surface area contributed by atoms with Crippen molar-refractivity contribution in [3.8, 4) is 0 Å². The number of amides is 1. The predicted molar refractivity (Wildman–Crippen MR) is 58.6 cm³/mol. The van der Waals surface area contributed by atoms with Gasteiger partial charge >= 0.3 is 0 Å². The Morgan fingerprint density at radius 1 is 1.31 bits per heavy atom. The quantitative estimate of drug-likeness (QED) is 0.568. The van der Waals surface area contributed by atoms with Gasteiger partial charge in [-0.05, 0) is 38.8 Å². The van der Waals surface area contributed by atoms with Gasteiger partial charge in [0.05, 0.1) is 16.6 Å². The molecule has 5 N–H and O–H groups in total. The van der Waals surface area contributed by atoms with Crippen molar-refractivity contribution in [1.82, 2.24) is 5.32 Å². The Balaban J connectivity index is 1.96. The number of carbonyl (C=O) groups excluding carboxylic acids is 1. The van der Waals surface area contributed by atoms with Crippen LogP contribution in [0.3, 0.4) is 0 Å². The van der Waals surface area contributed by atoms with Crippen molar-refractivity contribution in [3.05, 3.63) is 0 Å². The summed E-state index contributed by atoms with van der Waals surface area (Å²) in [6.07, 6.45) is 3.20. The molecule has 3 aliphatic heterocycles. The van der Waals surface area contributed by atoms with Gasteiger partial charge in [0.15, 0.2) is 0 Å². The number of hydrogen-bond acceptors (Lipinski definition) is 4. The van der Waals surface area contributed by atoms with Crippen LogP contribution in [-0.2, 0) is 9.53 Å². The topological polar surface area (TPSA) is 90.4 Å². The van der Waals surface area contributed by atoms with Gasteiger partial charge < -0.3 is 21.5 Å². The number of rotatable bonds is 2. The second-order valence-corrected chi connectivity index (χ2v) is 5.53. The summed E-state index contributed by atoms with van der Waals surface area (Å²) in [6.45, 7) is 2.29. The van der Waals surface area contributed by atoms with Crippen LogP contribution >= 0.6 is 0 Å². The summed E-state index contributed by atoms with van der Waals surface area (Å²) in [5.41, 5.74) is 10.3. The molecule has 1 saturated carbocycles. The van der Waals surface area contributed by atoms with E-state index in [-0.39, 0.29) is 17.1 Å². The molecule has 0 atom stereocenters. The third-order valence-corrected chi connectivity index (χ3v) is 4.79. The molecule has 5 heteroatoms. The molecular weight excluding hydrogens is 206 g/mol. The smallest absolute Gasteiger partial charge is 0.226 e. The fraction of sp³-hybridized carbons (Fsp3) is 0.909. The van der Waals surface area contributed by atoms with Crippen LogP contribution < -0.4 is 16.8 Å². The number of hydrogen-bond donors (Lipinski definition) is 3. The van der Waals surface area contributed by atoms with Gasteiger partial charge in [0.2, 0.25) is 5.91 Å². The molecule has 3 heterocycles.